The lowest BCUT2D eigenvalue weighted by Gasteiger charge is -2.34. The van der Waals surface area contributed by atoms with Gasteiger partial charge >= 0.3 is 0 Å². The molecule has 0 saturated carbocycles. The molecule has 4 rings (SSSR count). The second-order valence-corrected chi connectivity index (χ2v) is 7.20. The van der Waals surface area contributed by atoms with Gasteiger partial charge < -0.3 is 5.32 Å². The molecule has 5 nitrogen and oxygen atoms in total. The Morgan fingerprint density at radius 3 is 2.70 bits per heavy atom. The number of alkyl halides is 2. The number of aromatic amines is 1. The maximum atomic E-state index is 14.4. The fourth-order valence-electron chi connectivity index (χ4n) is 3.69. The number of nitrogens with zero attached hydrogens (tertiary/aromatic N) is 3. The van der Waals surface area contributed by atoms with Crippen molar-refractivity contribution in [3.63, 3.8) is 0 Å². The van der Waals surface area contributed by atoms with Gasteiger partial charge in [0.2, 0.25) is 0 Å². The van der Waals surface area contributed by atoms with Crippen molar-refractivity contribution in [2.24, 2.45) is 0 Å². The van der Waals surface area contributed by atoms with Crippen molar-refractivity contribution in [2.75, 3.05) is 25.0 Å². The van der Waals surface area contributed by atoms with Gasteiger partial charge in [0.25, 0.3) is 5.92 Å². The summed E-state index contributed by atoms with van der Waals surface area (Å²) >= 11 is 0. The first-order valence-corrected chi connectivity index (χ1v) is 9.28. The Balaban J connectivity index is 1.30. The van der Waals surface area contributed by atoms with Crippen molar-refractivity contribution in [2.45, 2.75) is 31.2 Å². The molecular weight excluding hydrogens is 348 g/mol. The van der Waals surface area contributed by atoms with E-state index < -0.39 is 5.92 Å². The zero-order valence-electron chi connectivity index (χ0n) is 15.0. The van der Waals surface area contributed by atoms with Gasteiger partial charge in [-0.3, -0.25) is 10.00 Å². The molecule has 0 bridgehead atoms. The van der Waals surface area contributed by atoms with Crippen LogP contribution in [0.1, 0.15) is 18.4 Å². The van der Waals surface area contributed by atoms with Gasteiger partial charge in [-0.15, -0.1) is 0 Å². The number of likely N-dealkylation sites (tertiary alicyclic amines) is 1. The first kappa shape index (κ1) is 17.9. The molecule has 1 aromatic carbocycles. The largest absolute Gasteiger partial charge is 0.367 e. The molecule has 0 amide bonds. The van der Waals surface area contributed by atoms with Gasteiger partial charge in [-0.2, -0.15) is 5.10 Å². The standard InChI is InChI=1S/C20H23F2N5/c21-20(22,12-15-4-2-1-3-5-15)14-27-10-7-16(8-11-27)25-19-17-13-24-26-18(17)6-9-23-19/h1-6,9,13,16H,7-8,10-12,14H2,(H,23,25)(H,24,26). The van der Waals surface area contributed by atoms with Crippen molar-refractivity contribution in [3.8, 4) is 0 Å². The Morgan fingerprint density at radius 2 is 1.93 bits per heavy atom. The highest BCUT2D eigenvalue weighted by Gasteiger charge is 2.33. The molecular formula is C20H23F2N5. The summed E-state index contributed by atoms with van der Waals surface area (Å²) in [6.45, 7) is 1.12. The van der Waals surface area contributed by atoms with E-state index in [9.17, 15) is 8.78 Å². The molecule has 142 valence electrons. The van der Waals surface area contributed by atoms with Crippen LogP contribution in [0.15, 0.2) is 48.8 Å². The van der Waals surface area contributed by atoms with Crippen molar-refractivity contribution in [1.82, 2.24) is 20.1 Å². The number of nitrogens with one attached hydrogen (secondary N) is 2. The van der Waals surface area contributed by atoms with Crippen molar-refractivity contribution in [1.29, 1.82) is 0 Å². The van der Waals surface area contributed by atoms with E-state index in [4.69, 9.17) is 0 Å². The molecule has 7 heteroatoms. The van der Waals surface area contributed by atoms with Crippen LogP contribution in [-0.2, 0) is 6.42 Å². The van der Waals surface area contributed by atoms with Crippen LogP contribution in [0.5, 0.6) is 0 Å². The molecule has 1 aliphatic rings. The number of H-pyrrole nitrogens is 1. The predicted octanol–water partition coefficient (Wildman–Crippen LogP) is 3.71. The van der Waals surface area contributed by atoms with Crippen LogP contribution in [0, 0.1) is 0 Å². The summed E-state index contributed by atoms with van der Waals surface area (Å²) in [5, 5.41) is 11.4. The summed E-state index contributed by atoms with van der Waals surface area (Å²) in [6, 6.07) is 11.1. The molecule has 0 radical (unpaired) electrons. The fraction of sp³-hybridized carbons (Fsp3) is 0.400. The van der Waals surface area contributed by atoms with Gasteiger partial charge in [-0.1, -0.05) is 30.3 Å². The lowest BCUT2D eigenvalue weighted by atomic mass is 10.0. The third kappa shape index (κ3) is 4.42. The van der Waals surface area contributed by atoms with Gasteiger partial charge in [0.05, 0.1) is 23.6 Å². The molecule has 0 spiro atoms. The second kappa shape index (κ2) is 7.60. The molecule has 1 aliphatic heterocycles. The number of fused-ring (bicyclic) bond motifs is 1. The van der Waals surface area contributed by atoms with E-state index in [-0.39, 0.29) is 19.0 Å². The molecule has 27 heavy (non-hydrogen) atoms. The van der Waals surface area contributed by atoms with Crippen LogP contribution in [0.3, 0.4) is 0 Å². The van der Waals surface area contributed by atoms with E-state index in [2.05, 4.69) is 20.5 Å². The summed E-state index contributed by atoms with van der Waals surface area (Å²) in [7, 11) is 0. The minimum Gasteiger partial charge on any atom is -0.367 e. The van der Waals surface area contributed by atoms with E-state index in [1.807, 2.05) is 17.0 Å². The lowest BCUT2D eigenvalue weighted by Crippen LogP contribution is -2.45. The Hall–Kier alpha value is -2.54. The maximum absolute atomic E-state index is 14.4. The van der Waals surface area contributed by atoms with Gasteiger partial charge in [-0.05, 0) is 24.5 Å². The monoisotopic (exact) mass is 371 g/mol. The molecule has 0 atom stereocenters. The SMILES string of the molecule is FC(F)(Cc1ccccc1)CN1CCC(Nc2nccc3[nH]ncc23)CC1. The predicted molar refractivity (Wildman–Crippen MR) is 102 cm³/mol. The Morgan fingerprint density at radius 1 is 1.15 bits per heavy atom. The highest BCUT2D eigenvalue weighted by Crippen LogP contribution is 2.25. The molecule has 2 N–H and O–H groups in total. The second-order valence-electron chi connectivity index (χ2n) is 7.20. The first-order valence-electron chi connectivity index (χ1n) is 9.28. The summed E-state index contributed by atoms with van der Waals surface area (Å²) in [5.41, 5.74) is 1.61. The van der Waals surface area contributed by atoms with E-state index in [0.717, 1.165) is 29.6 Å². The van der Waals surface area contributed by atoms with Crippen molar-refractivity contribution < 1.29 is 8.78 Å². The van der Waals surface area contributed by atoms with Gasteiger partial charge in [0.1, 0.15) is 5.82 Å². The van der Waals surface area contributed by atoms with Gasteiger partial charge in [0.15, 0.2) is 0 Å². The Bertz CT molecular complexity index is 872. The number of anilines is 1. The summed E-state index contributed by atoms with van der Waals surface area (Å²) in [6.07, 6.45) is 4.92. The molecule has 0 aliphatic carbocycles. The third-order valence-corrected chi connectivity index (χ3v) is 5.06. The van der Waals surface area contributed by atoms with E-state index in [1.165, 1.54) is 0 Å². The molecule has 1 saturated heterocycles. The lowest BCUT2D eigenvalue weighted by molar-refractivity contribution is -0.0358. The number of hydrogen-bond acceptors (Lipinski definition) is 4. The van der Waals surface area contributed by atoms with Crippen LogP contribution in [0.4, 0.5) is 14.6 Å². The zero-order valence-corrected chi connectivity index (χ0v) is 15.0. The Kier molecular flexibility index (Phi) is 5.03. The minimum atomic E-state index is -2.72. The van der Waals surface area contributed by atoms with Crippen molar-refractivity contribution >= 4 is 16.7 Å². The van der Waals surface area contributed by atoms with E-state index in [1.54, 1.807) is 36.7 Å². The molecule has 3 heterocycles. The number of pyridine rings is 1. The smallest absolute Gasteiger partial charge is 0.264 e. The fourth-order valence-corrected chi connectivity index (χ4v) is 3.69. The highest BCUT2D eigenvalue weighted by atomic mass is 19.3. The average Bonchev–Trinajstić information content (AvgIpc) is 3.13. The topological polar surface area (TPSA) is 56.8 Å². The quantitative estimate of drug-likeness (QED) is 0.694. The highest BCUT2D eigenvalue weighted by molar-refractivity contribution is 5.88. The number of halogens is 2. The van der Waals surface area contributed by atoms with Crippen LogP contribution in [0.2, 0.25) is 0 Å². The average molecular weight is 371 g/mol. The van der Waals surface area contributed by atoms with Crippen LogP contribution >= 0.6 is 0 Å². The van der Waals surface area contributed by atoms with E-state index >= 15 is 0 Å². The number of rotatable bonds is 6. The number of hydrogen-bond donors (Lipinski definition) is 2. The van der Waals surface area contributed by atoms with Crippen LogP contribution < -0.4 is 5.32 Å². The van der Waals surface area contributed by atoms with Gasteiger partial charge in [0, 0.05) is 31.7 Å². The summed E-state index contributed by atoms with van der Waals surface area (Å²) in [5.74, 6) is -1.92. The third-order valence-electron chi connectivity index (χ3n) is 5.06. The van der Waals surface area contributed by atoms with E-state index in [0.29, 0.717) is 18.7 Å². The molecule has 2 aromatic heterocycles. The van der Waals surface area contributed by atoms with Crippen LogP contribution in [-0.4, -0.2) is 51.7 Å². The number of benzene rings is 1. The Labute approximate surface area is 156 Å². The normalized spacial score (nSPS) is 16.7. The van der Waals surface area contributed by atoms with Crippen LogP contribution in [0.25, 0.3) is 10.9 Å². The molecule has 1 fully saturated rings. The zero-order chi connectivity index (χ0) is 18.7. The maximum Gasteiger partial charge on any atom is 0.264 e. The summed E-state index contributed by atoms with van der Waals surface area (Å²) < 4.78 is 28.8. The molecule has 3 aromatic rings. The number of piperidine rings is 1. The van der Waals surface area contributed by atoms with Gasteiger partial charge in [-0.25, -0.2) is 13.8 Å². The number of aromatic nitrogens is 3. The van der Waals surface area contributed by atoms with Crippen molar-refractivity contribution in [3.05, 3.63) is 54.4 Å². The summed E-state index contributed by atoms with van der Waals surface area (Å²) in [4.78, 5) is 6.26. The first-order chi connectivity index (χ1) is 13.1. The molecule has 0 unspecified atom stereocenters. The minimum absolute atomic E-state index is 0.190.